The van der Waals surface area contributed by atoms with E-state index in [9.17, 15) is 8.42 Å². The monoisotopic (exact) mass is 307 g/mol. The number of nitrogens with zero attached hydrogens (tertiary/aromatic N) is 2. The number of aromatic nitrogens is 1. The first-order valence-electron chi connectivity index (χ1n) is 5.58. The average molecular weight is 308 g/mol. The fraction of sp³-hybridized carbons (Fsp3) is 0.0769. The maximum absolute atomic E-state index is 12.3. The minimum absolute atomic E-state index is 0.0208. The fourth-order valence-corrected chi connectivity index (χ4v) is 3.19. The molecule has 2 rings (SSSR count). The molecule has 2 aromatic rings. The first kappa shape index (κ1) is 14.3. The second-order valence-electron chi connectivity index (χ2n) is 4.05. The van der Waals surface area contributed by atoms with Crippen molar-refractivity contribution in [2.45, 2.75) is 11.8 Å². The number of pyridine rings is 1. The number of benzene rings is 1. The third-order valence-electron chi connectivity index (χ3n) is 2.54. The Balaban J connectivity index is 2.47. The number of sulfonamides is 1. The highest BCUT2D eigenvalue weighted by Gasteiger charge is 2.20. The lowest BCUT2D eigenvalue weighted by molar-refractivity contribution is 0.601. The van der Waals surface area contributed by atoms with Gasteiger partial charge in [-0.05, 0) is 36.8 Å². The fourth-order valence-electron chi connectivity index (χ4n) is 1.58. The molecular weight excluding hydrogens is 298 g/mol. The summed E-state index contributed by atoms with van der Waals surface area (Å²) in [5.41, 5.74) is 0.899. The van der Waals surface area contributed by atoms with E-state index in [1.54, 1.807) is 19.1 Å². The van der Waals surface area contributed by atoms with Crippen LogP contribution in [0.25, 0.3) is 0 Å². The number of halogens is 1. The van der Waals surface area contributed by atoms with Gasteiger partial charge in [-0.15, -0.1) is 0 Å². The van der Waals surface area contributed by atoms with Crippen molar-refractivity contribution in [3.8, 4) is 6.07 Å². The van der Waals surface area contributed by atoms with Crippen molar-refractivity contribution in [3.63, 3.8) is 0 Å². The van der Waals surface area contributed by atoms with Crippen LogP contribution >= 0.6 is 11.6 Å². The van der Waals surface area contributed by atoms with Gasteiger partial charge in [-0.25, -0.2) is 13.4 Å². The van der Waals surface area contributed by atoms with Crippen LogP contribution in [0.2, 0.25) is 5.02 Å². The normalized spacial score (nSPS) is 10.8. The lowest BCUT2D eigenvalue weighted by atomic mass is 10.2. The molecule has 0 aliphatic heterocycles. The molecule has 0 atom stereocenters. The smallest absolute Gasteiger partial charge is 0.262 e. The lowest BCUT2D eigenvalue weighted by Gasteiger charge is -2.10. The van der Waals surface area contributed by atoms with Crippen LogP contribution in [-0.4, -0.2) is 13.4 Å². The van der Waals surface area contributed by atoms with Crippen LogP contribution in [0.3, 0.4) is 0 Å². The summed E-state index contributed by atoms with van der Waals surface area (Å²) in [5.74, 6) is -0.0208. The predicted molar refractivity (Wildman–Crippen MR) is 75.9 cm³/mol. The van der Waals surface area contributed by atoms with Crippen molar-refractivity contribution in [3.05, 3.63) is 52.7 Å². The van der Waals surface area contributed by atoms with E-state index in [1.165, 1.54) is 24.4 Å². The number of hydrogen-bond acceptors (Lipinski definition) is 4. The molecule has 102 valence electrons. The number of rotatable bonds is 3. The molecule has 0 bridgehead atoms. The molecule has 1 aromatic heterocycles. The molecule has 0 amide bonds. The third-order valence-corrected chi connectivity index (χ3v) is 4.36. The highest BCUT2D eigenvalue weighted by molar-refractivity contribution is 7.92. The van der Waals surface area contributed by atoms with Gasteiger partial charge in [0.1, 0.15) is 11.0 Å². The number of nitrogens with one attached hydrogen (secondary N) is 1. The largest absolute Gasteiger partial charge is 0.264 e. The van der Waals surface area contributed by atoms with E-state index in [1.807, 2.05) is 6.07 Å². The Morgan fingerprint density at radius 2 is 2.10 bits per heavy atom. The Morgan fingerprint density at radius 3 is 2.80 bits per heavy atom. The SMILES string of the molecule is Cc1ccc(Cl)c(S(=O)(=O)Nc2ncccc2C#N)c1. The van der Waals surface area contributed by atoms with Gasteiger partial charge in [-0.3, -0.25) is 4.72 Å². The molecule has 0 saturated carbocycles. The molecule has 0 radical (unpaired) electrons. The quantitative estimate of drug-likeness (QED) is 0.945. The maximum atomic E-state index is 12.3. The van der Waals surface area contributed by atoms with Crippen molar-refractivity contribution in [1.82, 2.24) is 4.98 Å². The van der Waals surface area contributed by atoms with E-state index in [0.29, 0.717) is 0 Å². The van der Waals surface area contributed by atoms with E-state index in [4.69, 9.17) is 16.9 Å². The summed E-state index contributed by atoms with van der Waals surface area (Å²) in [6, 6.07) is 9.58. The minimum Gasteiger partial charge on any atom is -0.262 e. The number of hydrogen-bond donors (Lipinski definition) is 1. The molecule has 1 N–H and O–H groups in total. The van der Waals surface area contributed by atoms with E-state index in [0.717, 1.165) is 5.56 Å². The van der Waals surface area contributed by atoms with Gasteiger partial charge in [0.15, 0.2) is 5.82 Å². The van der Waals surface area contributed by atoms with Crippen molar-refractivity contribution in [2.24, 2.45) is 0 Å². The zero-order valence-electron chi connectivity index (χ0n) is 10.5. The molecule has 0 unspecified atom stereocenters. The number of anilines is 1. The lowest BCUT2D eigenvalue weighted by Crippen LogP contribution is -2.15. The van der Waals surface area contributed by atoms with E-state index in [2.05, 4.69) is 9.71 Å². The summed E-state index contributed by atoms with van der Waals surface area (Å²) >= 11 is 5.92. The molecule has 0 aliphatic rings. The van der Waals surface area contributed by atoms with Gasteiger partial charge in [0, 0.05) is 6.20 Å². The zero-order valence-corrected chi connectivity index (χ0v) is 12.0. The van der Waals surface area contributed by atoms with Gasteiger partial charge >= 0.3 is 0 Å². The standard InChI is InChI=1S/C13H10ClN3O2S/c1-9-4-5-11(14)12(7-9)20(18,19)17-13-10(8-15)3-2-6-16-13/h2-7H,1H3,(H,16,17). The van der Waals surface area contributed by atoms with Gasteiger partial charge in [0.2, 0.25) is 0 Å². The Bertz CT molecular complexity index is 798. The second kappa shape index (κ2) is 5.49. The Hall–Kier alpha value is -2.10. The summed E-state index contributed by atoms with van der Waals surface area (Å²) in [7, 11) is -3.89. The van der Waals surface area contributed by atoms with Crippen LogP contribution in [0.4, 0.5) is 5.82 Å². The molecule has 20 heavy (non-hydrogen) atoms. The van der Waals surface area contributed by atoms with E-state index >= 15 is 0 Å². The highest BCUT2D eigenvalue weighted by Crippen LogP contribution is 2.25. The minimum atomic E-state index is -3.89. The molecule has 0 spiro atoms. The van der Waals surface area contributed by atoms with Gasteiger partial charge in [0.05, 0.1) is 10.6 Å². The third kappa shape index (κ3) is 2.90. The molecule has 1 heterocycles. The van der Waals surface area contributed by atoms with Crippen LogP contribution in [0.15, 0.2) is 41.4 Å². The molecular formula is C13H10ClN3O2S. The van der Waals surface area contributed by atoms with Crippen molar-refractivity contribution >= 4 is 27.4 Å². The van der Waals surface area contributed by atoms with Crippen molar-refractivity contribution in [2.75, 3.05) is 4.72 Å². The molecule has 5 nitrogen and oxygen atoms in total. The van der Waals surface area contributed by atoms with Crippen LogP contribution in [-0.2, 0) is 10.0 Å². The second-order valence-corrected chi connectivity index (χ2v) is 6.11. The first-order valence-corrected chi connectivity index (χ1v) is 7.44. The van der Waals surface area contributed by atoms with Gasteiger partial charge in [0.25, 0.3) is 10.0 Å². The first-order chi connectivity index (χ1) is 9.44. The Labute approximate surface area is 121 Å². The van der Waals surface area contributed by atoms with Gasteiger partial charge in [-0.1, -0.05) is 17.7 Å². The van der Waals surface area contributed by atoms with Gasteiger partial charge in [-0.2, -0.15) is 5.26 Å². The summed E-state index contributed by atoms with van der Waals surface area (Å²) in [6.45, 7) is 1.76. The van der Waals surface area contributed by atoms with Crippen LogP contribution in [0, 0.1) is 18.3 Å². The molecule has 7 heteroatoms. The average Bonchev–Trinajstić information content (AvgIpc) is 2.41. The van der Waals surface area contributed by atoms with E-state index < -0.39 is 10.0 Å². The van der Waals surface area contributed by atoms with Crippen molar-refractivity contribution in [1.29, 1.82) is 5.26 Å². The predicted octanol–water partition coefficient (Wildman–Crippen LogP) is 2.72. The number of aryl methyl sites for hydroxylation is 1. The zero-order chi connectivity index (χ0) is 14.8. The topological polar surface area (TPSA) is 82.8 Å². The molecule has 0 aliphatic carbocycles. The Morgan fingerprint density at radius 1 is 1.35 bits per heavy atom. The maximum Gasteiger partial charge on any atom is 0.264 e. The number of nitriles is 1. The highest BCUT2D eigenvalue weighted by atomic mass is 35.5. The Kier molecular flexibility index (Phi) is 3.93. The summed E-state index contributed by atoms with van der Waals surface area (Å²) in [4.78, 5) is 3.81. The molecule has 0 saturated heterocycles. The van der Waals surface area contributed by atoms with Crippen LogP contribution < -0.4 is 4.72 Å². The summed E-state index contributed by atoms with van der Waals surface area (Å²) in [6.07, 6.45) is 1.40. The summed E-state index contributed by atoms with van der Waals surface area (Å²) < 4.78 is 26.9. The van der Waals surface area contributed by atoms with Gasteiger partial charge < -0.3 is 0 Å². The molecule has 0 fully saturated rings. The van der Waals surface area contributed by atoms with E-state index in [-0.39, 0.29) is 21.3 Å². The molecule has 1 aromatic carbocycles. The van der Waals surface area contributed by atoms with Crippen LogP contribution in [0.5, 0.6) is 0 Å². The van der Waals surface area contributed by atoms with Crippen molar-refractivity contribution < 1.29 is 8.42 Å². The summed E-state index contributed by atoms with van der Waals surface area (Å²) in [5, 5.41) is 9.04. The van der Waals surface area contributed by atoms with Crippen LogP contribution in [0.1, 0.15) is 11.1 Å².